The van der Waals surface area contributed by atoms with Crippen molar-refractivity contribution < 1.29 is 14.3 Å². The Morgan fingerprint density at radius 3 is 2.71 bits per heavy atom. The summed E-state index contributed by atoms with van der Waals surface area (Å²) in [7, 11) is 0. The Labute approximate surface area is 166 Å². The van der Waals surface area contributed by atoms with Crippen LogP contribution in [0.2, 0.25) is 0 Å². The highest BCUT2D eigenvalue weighted by Crippen LogP contribution is 2.50. The number of rotatable bonds is 2. The first-order valence-electron chi connectivity index (χ1n) is 10.1. The second kappa shape index (κ2) is 6.90. The molecule has 1 aromatic carbocycles. The Balaban J connectivity index is 1.51. The van der Waals surface area contributed by atoms with Crippen LogP contribution in [0.5, 0.6) is 0 Å². The average Bonchev–Trinajstić information content (AvgIpc) is 3.07. The fraction of sp³-hybridized carbons (Fsp3) is 0.591. The maximum absolute atomic E-state index is 12.6. The van der Waals surface area contributed by atoms with Crippen molar-refractivity contribution in [3.63, 3.8) is 0 Å². The van der Waals surface area contributed by atoms with Gasteiger partial charge >= 0.3 is 6.09 Å². The van der Waals surface area contributed by atoms with Crippen molar-refractivity contribution in [2.75, 3.05) is 18.1 Å². The molecule has 0 N–H and O–H groups in total. The highest BCUT2D eigenvalue weighted by molar-refractivity contribution is 5.74. The number of ether oxygens (including phenoxy) is 1. The summed E-state index contributed by atoms with van der Waals surface area (Å²) in [6, 6.07) is 10.5. The molecular weight excluding hydrogens is 354 g/mol. The van der Waals surface area contributed by atoms with Crippen molar-refractivity contribution in [1.29, 1.82) is 0 Å². The normalized spacial score (nSPS) is 31.9. The molecule has 6 heteroatoms. The van der Waals surface area contributed by atoms with E-state index in [1.807, 2.05) is 45.2 Å². The Kier molecular flexibility index (Phi) is 4.68. The summed E-state index contributed by atoms with van der Waals surface area (Å²) < 4.78 is 5.54. The van der Waals surface area contributed by atoms with Gasteiger partial charge < -0.3 is 14.4 Å². The number of likely N-dealkylation sites (tertiary alicyclic amines) is 1. The third-order valence-corrected chi connectivity index (χ3v) is 6.29. The number of carbonyl (C=O) groups is 2. The molecule has 3 unspecified atom stereocenters. The van der Waals surface area contributed by atoms with Crippen LogP contribution in [-0.2, 0) is 9.53 Å². The smallest absolute Gasteiger partial charge is 0.410 e. The first-order valence-corrected chi connectivity index (χ1v) is 10.1. The topological polar surface area (TPSA) is 62.2 Å². The number of nitrogens with zero attached hydrogens (tertiary/aromatic N) is 3. The molecule has 4 atom stereocenters. The predicted molar refractivity (Wildman–Crippen MR) is 108 cm³/mol. The molecule has 1 aliphatic carbocycles. The molecule has 1 saturated carbocycles. The van der Waals surface area contributed by atoms with E-state index >= 15 is 0 Å². The molecule has 2 heterocycles. The van der Waals surface area contributed by atoms with Gasteiger partial charge in [0.25, 0.3) is 0 Å². The van der Waals surface area contributed by atoms with Gasteiger partial charge in [-0.3, -0.25) is 5.01 Å². The molecule has 1 amide bonds. The second-order valence-electron chi connectivity index (χ2n) is 9.35. The second-order valence-corrected chi connectivity index (χ2v) is 9.35. The van der Waals surface area contributed by atoms with Crippen molar-refractivity contribution >= 4 is 24.3 Å². The lowest BCUT2D eigenvalue weighted by molar-refractivity contribution is -0.127. The van der Waals surface area contributed by atoms with Gasteiger partial charge in [-0.15, -0.1) is 0 Å². The number of aldehydes is 1. The summed E-state index contributed by atoms with van der Waals surface area (Å²) in [6.45, 7) is 6.68. The summed E-state index contributed by atoms with van der Waals surface area (Å²) in [5.74, 6) is 0.484. The molecule has 1 aromatic rings. The van der Waals surface area contributed by atoms with E-state index in [1.54, 1.807) is 4.90 Å². The zero-order valence-electron chi connectivity index (χ0n) is 16.9. The van der Waals surface area contributed by atoms with Gasteiger partial charge in [0.15, 0.2) is 0 Å². The molecule has 28 heavy (non-hydrogen) atoms. The first kappa shape index (κ1) is 19.0. The van der Waals surface area contributed by atoms with E-state index < -0.39 is 11.0 Å². The largest absolute Gasteiger partial charge is 0.444 e. The molecule has 3 aliphatic rings. The number of amides is 1. The van der Waals surface area contributed by atoms with E-state index in [0.29, 0.717) is 13.1 Å². The molecule has 6 nitrogen and oxygen atoms in total. The van der Waals surface area contributed by atoms with E-state index in [4.69, 9.17) is 4.74 Å². The van der Waals surface area contributed by atoms with Crippen LogP contribution in [0.4, 0.5) is 10.5 Å². The van der Waals surface area contributed by atoms with Crippen molar-refractivity contribution in [1.82, 2.24) is 4.90 Å². The maximum atomic E-state index is 12.6. The standard InChI is InChI=1S/C22H29N3O3/c1-21(2,3)28-20(27)24-10-9-17-11-19-16(12-22(17,14-24)15-26)13-23-25(19)18-7-5-4-6-8-18/h4-8,13,15-17,19H,9-12,14H2,1-3H3/t16?,17?,19?,22-/m1/s1. The summed E-state index contributed by atoms with van der Waals surface area (Å²) in [5.41, 5.74) is 0.0551. The van der Waals surface area contributed by atoms with Crippen LogP contribution >= 0.6 is 0 Å². The van der Waals surface area contributed by atoms with Crippen LogP contribution in [0.1, 0.15) is 40.0 Å². The Morgan fingerprint density at radius 1 is 1.29 bits per heavy atom. The number of anilines is 1. The van der Waals surface area contributed by atoms with Gasteiger partial charge in [0.1, 0.15) is 11.9 Å². The van der Waals surface area contributed by atoms with Gasteiger partial charge in [0, 0.05) is 30.6 Å². The van der Waals surface area contributed by atoms with Crippen LogP contribution in [0.25, 0.3) is 0 Å². The predicted octanol–water partition coefficient (Wildman–Crippen LogP) is 3.71. The quantitative estimate of drug-likeness (QED) is 0.731. The van der Waals surface area contributed by atoms with Crippen LogP contribution in [-0.4, -0.2) is 48.2 Å². The van der Waals surface area contributed by atoms with Crippen molar-refractivity contribution in [3.05, 3.63) is 30.3 Å². The zero-order chi connectivity index (χ0) is 19.9. The van der Waals surface area contributed by atoms with Gasteiger partial charge in [-0.1, -0.05) is 18.2 Å². The molecule has 0 radical (unpaired) electrons. The number of para-hydroxylation sites is 1. The number of fused-ring (bicyclic) bond motifs is 2. The minimum Gasteiger partial charge on any atom is -0.444 e. The number of hydrogen-bond donors (Lipinski definition) is 0. The van der Waals surface area contributed by atoms with Gasteiger partial charge in [-0.2, -0.15) is 5.10 Å². The van der Waals surface area contributed by atoms with Crippen LogP contribution in [0, 0.1) is 17.3 Å². The number of benzene rings is 1. The molecule has 0 spiro atoms. The SMILES string of the molecule is CC(C)(C)OC(=O)N1CCC2CC3C(C=NN3c3ccccc3)C[C@]2(C=O)C1. The third-order valence-electron chi connectivity index (χ3n) is 6.29. The fourth-order valence-corrected chi connectivity index (χ4v) is 4.97. The van der Waals surface area contributed by atoms with E-state index in [0.717, 1.165) is 31.2 Å². The molecule has 2 fully saturated rings. The Hall–Kier alpha value is -2.37. The monoisotopic (exact) mass is 383 g/mol. The summed E-state index contributed by atoms with van der Waals surface area (Å²) in [6.07, 6.45) is 5.25. The summed E-state index contributed by atoms with van der Waals surface area (Å²) in [4.78, 5) is 26.6. The summed E-state index contributed by atoms with van der Waals surface area (Å²) >= 11 is 0. The van der Waals surface area contributed by atoms with Crippen LogP contribution < -0.4 is 5.01 Å². The number of hydrazone groups is 1. The van der Waals surface area contributed by atoms with Crippen LogP contribution in [0.15, 0.2) is 35.4 Å². The third kappa shape index (κ3) is 3.40. The lowest BCUT2D eigenvalue weighted by atomic mass is 9.59. The lowest BCUT2D eigenvalue weighted by Crippen LogP contribution is -2.58. The highest BCUT2D eigenvalue weighted by Gasteiger charge is 2.53. The van der Waals surface area contributed by atoms with Crippen molar-refractivity contribution in [3.8, 4) is 0 Å². The molecule has 150 valence electrons. The van der Waals surface area contributed by atoms with Crippen molar-refractivity contribution in [2.45, 2.75) is 51.7 Å². The van der Waals surface area contributed by atoms with E-state index in [1.165, 1.54) is 0 Å². The molecule has 2 aliphatic heterocycles. The summed E-state index contributed by atoms with van der Waals surface area (Å²) in [5, 5.41) is 6.77. The highest BCUT2D eigenvalue weighted by atomic mass is 16.6. The zero-order valence-corrected chi connectivity index (χ0v) is 16.9. The molecule has 0 aromatic heterocycles. The van der Waals surface area contributed by atoms with E-state index in [9.17, 15) is 9.59 Å². The number of carbonyl (C=O) groups excluding carboxylic acids is 2. The fourth-order valence-electron chi connectivity index (χ4n) is 4.97. The Bertz CT molecular complexity index is 773. The minimum absolute atomic E-state index is 0.222. The van der Waals surface area contributed by atoms with Gasteiger partial charge in [-0.05, 0) is 58.1 Å². The number of piperidine rings is 1. The average molecular weight is 383 g/mol. The first-order chi connectivity index (χ1) is 13.3. The van der Waals surface area contributed by atoms with Gasteiger partial charge in [0.05, 0.1) is 11.7 Å². The molecular formula is C22H29N3O3. The number of hydrogen-bond acceptors (Lipinski definition) is 5. The maximum Gasteiger partial charge on any atom is 0.410 e. The lowest BCUT2D eigenvalue weighted by Gasteiger charge is -2.51. The minimum atomic E-state index is -0.534. The molecule has 4 rings (SSSR count). The molecule has 0 bridgehead atoms. The van der Waals surface area contributed by atoms with Crippen molar-refractivity contribution in [2.24, 2.45) is 22.4 Å². The van der Waals surface area contributed by atoms with E-state index in [-0.39, 0.29) is 24.0 Å². The van der Waals surface area contributed by atoms with Crippen LogP contribution in [0.3, 0.4) is 0 Å². The molecule has 1 saturated heterocycles. The van der Waals surface area contributed by atoms with Gasteiger partial charge in [0.2, 0.25) is 0 Å². The van der Waals surface area contributed by atoms with Gasteiger partial charge in [-0.25, -0.2) is 4.79 Å². The Morgan fingerprint density at radius 2 is 2.04 bits per heavy atom. The van der Waals surface area contributed by atoms with E-state index in [2.05, 4.69) is 22.2 Å².